The number of carbonyl (C=O) groups excluding carboxylic acids is 1. The van der Waals surface area contributed by atoms with E-state index in [2.05, 4.69) is 18.7 Å². The van der Waals surface area contributed by atoms with Gasteiger partial charge in [0.15, 0.2) is 0 Å². The minimum atomic E-state index is -0.414. The molecule has 5 heteroatoms. The predicted molar refractivity (Wildman–Crippen MR) is 101 cm³/mol. The van der Waals surface area contributed by atoms with Crippen molar-refractivity contribution in [2.75, 3.05) is 38.3 Å². The quantitative estimate of drug-likeness (QED) is 0.717. The first-order valence-electron chi connectivity index (χ1n) is 8.58. The van der Waals surface area contributed by atoms with E-state index in [0.717, 1.165) is 18.8 Å². The van der Waals surface area contributed by atoms with E-state index in [-0.39, 0.29) is 0 Å². The molecule has 0 radical (unpaired) electrons. The van der Waals surface area contributed by atoms with Crippen LogP contribution in [0.5, 0.6) is 5.75 Å². The maximum Gasteiger partial charge on any atom is 0.419 e. The number of benzene rings is 2. The monoisotopic (exact) mass is 342 g/mol. The fourth-order valence-corrected chi connectivity index (χ4v) is 2.60. The third-order valence-corrected chi connectivity index (χ3v) is 4.05. The molecule has 0 spiro atoms. The summed E-state index contributed by atoms with van der Waals surface area (Å²) in [6.07, 6.45) is -0.414. The SMILES string of the molecule is CCN(CC)CCOC(=O)N(c1ccccc1)c1ccccc1OC. The molecule has 25 heavy (non-hydrogen) atoms. The fraction of sp³-hybridized carbons (Fsp3) is 0.350. The summed E-state index contributed by atoms with van der Waals surface area (Å²) < 4.78 is 11.0. The van der Waals surface area contributed by atoms with Crippen LogP contribution in [0.2, 0.25) is 0 Å². The molecule has 0 aliphatic carbocycles. The third kappa shape index (κ3) is 4.97. The van der Waals surface area contributed by atoms with Gasteiger partial charge in [-0.15, -0.1) is 0 Å². The lowest BCUT2D eigenvalue weighted by Gasteiger charge is -2.25. The van der Waals surface area contributed by atoms with Gasteiger partial charge in [-0.05, 0) is 37.4 Å². The van der Waals surface area contributed by atoms with Gasteiger partial charge in [-0.1, -0.05) is 44.2 Å². The van der Waals surface area contributed by atoms with E-state index in [1.807, 2.05) is 54.6 Å². The number of likely N-dealkylation sites (N-methyl/N-ethyl adjacent to an activating group) is 1. The molecule has 0 N–H and O–H groups in total. The van der Waals surface area contributed by atoms with Crippen LogP contribution in [0.25, 0.3) is 0 Å². The Bertz CT molecular complexity index is 657. The number of methoxy groups -OCH3 is 1. The van der Waals surface area contributed by atoms with Crippen molar-refractivity contribution in [3.8, 4) is 5.75 Å². The van der Waals surface area contributed by atoms with Crippen LogP contribution in [0.1, 0.15) is 13.8 Å². The Hall–Kier alpha value is -2.53. The molecule has 0 saturated heterocycles. The van der Waals surface area contributed by atoms with Crippen LogP contribution in [0.3, 0.4) is 0 Å². The zero-order valence-electron chi connectivity index (χ0n) is 15.1. The second-order valence-electron chi connectivity index (χ2n) is 5.48. The van der Waals surface area contributed by atoms with Gasteiger partial charge >= 0.3 is 6.09 Å². The Kier molecular flexibility index (Phi) is 7.29. The predicted octanol–water partition coefficient (Wildman–Crippen LogP) is 4.31. The molecule has 0 aromatic heterocycles. The summed E-state index contributed by atoms with van der Waals surface area (Å²) in [5.41, 5.74) is 1.39. The highest BCUT2D eigenvalue weighted by Crippen LogP contribution is 2.34. The van der Waals surface area contributed by atoms with Crippen LogP contribution in [-0.2, 0) is 4.74 Å². The summed E-state index contributed by atoms with van der Waals surface area (Å²) in [5.74, 6) is 0.618. The zero-order valence-corrected chi connectivity index (χ0v) is 15.1. The van der Waals surface area contributed by atoms with Gasteiger partial charge in [0.2, 0.25) is 0 Å². The van der Waals surface area contributed by atoms with E-state index in [9.17, 15) is 4.79 Å². The highest BCUT2D eigenvalue weighted by molar-refractivity contribution is 5.97. The van der Waals surface area contributed by atoms with Gasteiger partial charge in [0.05, 0.1) is 18.5 Å². The lowest BCUT2D eigenvalue weighted by Crippen LogP contribution is -2.32. The summed E-state index contributed by atoms with van der Waals surface area (Å²) in [5, 5.41) is 0. The molecule has 1 amide bonds. The second-order valence-corrected chi connectivity index (χ2v) is 5.48. The van der Waals surface area contributed by atoms with Crippen LogP contribution in [0.4, 0.5) is 16.2 Å². The maximum atomic E-state index is 12.8. The number of hydrogen-bond acceptors (Lipinski definition) is 4. The minimum Gasteiger partial charge on any atom is -0.495 e. The molecule has 0 unspecified atom stereocenters. The number of nitrogens with zero attached hydrogens (tertiary/aromatic N) is 2. The first-order valence-corrected chi connectivity index (χ1v) is 8.58. The summed E-state index contributed by atoms with van der Waals surface area (Å²) in [4.78, 5) is 16.6. The standard InChI is InChI=1S/C20H26N2O3/c1-4-21(5-2)15-16-25-20(23)22(17-11-7-6-8-12-17)18-13-9-10-14-19(18)24-3/h6-14H,4-5,15-16H2,1-3H3. The van der Waals surface area contributed by atoms with Crippen molar-refractivity contribution in [1.29, 1.82) is 0 Å². The van der Waals surface area contributed by atoms with Crippen LogP contribution in [-0.4, -0.2) is 44.3 Å². The number of anilines is 2. The maximum absolute atomic E-state index is 12.8. The molecule has 0 saturated carbocycles. The minimum absolute atomic E-state index is 0.346. The molecule has 5 nitrogen and oxygen atoms in total. The van der Waals surface area contributed by atoms with Crippen molar-refractivity contribution in [3.05, 3.63) is 54.6 Å². The Morgan fingerprint density at radius 2 is 1.60 bits per heavy atom. The van der Waals surface area contributed by atoms with Crippen LogP contribution >= 0.6 is 0 Å². The molecule has 2 aromatic rings. The van der Waals surface area contributed by atoms with Gasteiger partial charge in [-0.25, -0.2) is 9.69 Å². The number of amides is 1. The van der Waals surface area contributed by atoms with Gasteiger partial charge in [-0.2, -0.15) is 0 Å². The average molecular weight is 342 g/mol. The van der Waals surface area contributed by atoms with Crippen molar-refractivity contribution in [3.63, 3.8) is 0 Å². The van der Waals surface area contributed by atoms with Gasteiger partial charge in [-0.3, -0.25) is 0 Å². The van der Waals surface area contributed by atoms with E-state index in [0.29, 0.717) is 24.6 Å². The van der Waals surface area contributed by atoms with Gasteiger partial charge < -0.3 is 14.4 Å². The molecular weight excluding hydrogens is 316 g/mol. The van der Waals surface area contributed by atoms with E-state index in [1.54, 1.807) is 12.0 Å². The molecule has 0 bridgehead atoms. The fourth-order valence-electron chi connectivity index (χ4n) is 2.60. The first-order chi connectivity index (χ1) is 12.2. The largest absolute Gasteiger partial charge is 0.495 e. The summed E-state index contributed by atoms with van der Waals surface area (Å²) in [7, 11) is 1.59. The Morgan fingerprint density at radius 3 is 2.24 bits per heavy atom. The molecule has 2 rings (SSSR count). The number of ether oxygens (including phenoxy) is 2. The number of para-hydroxylation sites is 3. The van der Waals surface area contributed by atoms with Crippen molar-refractivity contribution in [2.45, 2.75) is 13.8 Å². The number of rotatable bonds is 8. The molecule has 0 aliphatic heterocycles. The van der Waals surface area contributed by atoms with Gasteiger partial charge in [0.1, 0.15) is 12.4 Å². The second kappa shape index (κ2) is 9.69. The molecular formula is C20H26N2O3. The van der Waals surface area contributed by atoms with Crippen LogP contribution in [0, 0.1) is 0 Å². The van der Waals surface area contributed by atoms with E-state index in [4.69, 9.17) is 9.47 Å². The molecule has 0 atom stereocenters. The summed E-state index contributed by atoms with van der Waals surface area (Å²) in [6.45, 7) is 7.12. The van der Waals surface area contributed by atoms with Crippen molar-refractivity contribution >= 4 is 17.5 Å². The van der Waals surface area contributed by atoms with Crippen molar-refractivity contribution in [2.24, 2.45) is 0 Å². The first kappa shape index (κ1) is 18.8. The molecule has 2 aromatic carbocycles. The zero-order chi connectivity index (χ0) is 18.1. The molecule has 0 heterocycles. The molecule has 134 valence electrons. The van der Waals surface area contributed by atoms with Crippen LogP contribution in [0.15, 0.2) is 54.6 Å². The van der Waals surface area contributed by atoms with Crippen LogP contribution < -0.4 is 9.64 Å². The van der Waals surface area contributed by atoms with Gasteiger partial charge in [0.25, 0.3) is 0 Å². The highest BCUT2D eigenvalue weighted by Gasteiger charge is 2.22. The summed E-state index contributed by atoms with van der Waals surface area (Å²) >= 11 is 0. The van der Waals surface area contributed by atoms with Gasteiger partial charge in [0, 0.05) is 6.54 Å². The lowest BCUT2D eigenvalue weighted by molar-refractivity contribution is 0.138. The molecule has 0 fully saturated rings. The van der Waals surface area contributed by atoms with E-state index >= 15 is 0 Å². The number of hydrogen-bond donors (Lipinski definition) is 0. The Balaban J connectivity index is 2.22. The van der Waals surface area contributed by atoms with E-state index in [1.165, 1.54) is 0 Å². The Labute approximate surface area is 149 Å². The smallest absolute Gasteiger partial charge is 0.419 e. The normalized spacial score (nSPS) is 10.6. The van der Waals surface area contributed by atoms with E-state index < -0.39 is 6.09 Å². The lowest BCUT2D eigenvalue weighted by atomic mass is 10.2. The summed E-state index contributed by atoms with van der Waals surface area (Å²) in [6, 6.07) is 16.9. The van der Waals surface area contributed by atoms with Crippen molar-refractivity contribution < 1.29 is 14.3 Å². The Morgan fingerprint density at radius 1 is 0.960 bits per heavy atom. The number of carbonyl (C=O) groups is 1. The third-order valence-electron chi connectivity index (χ3n) is 4.05. The average Bonchev–Trinajstić information content (AvgIpc) is 2.67. The topological polar surface area (TPSA) is 42.0 Å². The molecule has 0 aliphatic rings. The highest BCUT2D eigenvalue weighted by atomic mass is 16.6. The van der Waals surface area contributed by atoms with Crippen molar-refractivity contribution in [1.82, 2.24) is 4.90 Å².